The van der Waals surface area contributed by atoms with Gasteiger partial charge in [-0.05, 0) is 53.1 Å². The van der Waals surface area contributed by atoms with Crippen LogP contribution in [-0.2, 0) is 6.42 Å². The molecule has 1 nitrogen and oxygen atoms in total. The van der Waals surface area contributed by atoms with Crippen molar-refractivity contribution in [2.24, 2.45) is 0 Å². The SMILES string of the molecule is Cc1ccc(I)c2c1C(=O)CC2. The smallest absolute Gasteiger partial charge is 0.163 e. The molecule has 0 bridgehead atoms. The molecule has 0 aromatic heterocycles. The summed E-state index contributed by atoms with van der Waals surface area (Å²) in [5, 5.41) is 0. The summed E-state index contributed by atoms with van der Waals surface area (Å²) in [5.41, 5.74) is 3.38. The Kier molecular flexibility index (Phi) is 1.94. The molecule has 1 aliphatic carbocycles. The average molecular weight is 272 g/mol. The second-order valence-corrected chi connectivity index (χ2v) is 4.30. The zero-order chi connectivity index (χ0) is 8.72. The molecule has 0 unspecified atom stereocenters. The second-order valence-electron chi connectivity index (χ2n) is 3.14. The van der Waals surface area contributed by atoms with Crippen molar-refractivity contribution < 1.29 is 4.79 Å². The Morgan fingerprint density at radius 2 is 2.08 bits per heavy atom. The average Bonchev–Trinajstić information content (AvgIpc) is 2.42. The highest BCUT2D eigenvalue weighted by molar-refractivity contribution is 14.1. The van der Waals surface area contributed by atoms with Crippen LogP contribution in [0.3, 0.4) is 0 Å². The molecular weight excluding hydrogens is 263 g/mol. The van der Waals surface area contributed by atoms with Crippen molar-refractivity contribution in [3.63, 3.8) is 0 Å². The topological polar surface area (TPSA) is 17.1 Å². The highest BCUT2D eigenvalue weighted by Gasteiger charge is 2.22. The lowest BCUT2D eigenvalue weighted by Crippen LogP contribution is -1.96. The van der Waals surface area contributed by atoms with Gasteiger partial charge in [-0.3, -0.25) is 4.79 Å². The summed E-state index contributed by atoms with van der Waals surface area (Å²) in [5.74, 6) is 0.320. The van der Waals surface area contributed by atoms with Gasteiger partial charge in [0.1, 0.15) is 0 Å². The third-order valence-electron chi connectivity index (χ3n) is 2.34. The van der Waals surface area contributed by atoms with Gasteiger partial charge in [0, 0.05) is 15.6 Å². The number of halogens is 1. The molecule has 1 aromatic rings. The second kappa shape index (κ2) is 2.83. The Labute approximate surface area is 85.3 Å². The Morgan fingerprint density at radius 1 is 1.33 bits per heavy atom. The van der Waals surface area contributed by atoms with E-state index in [0.717, 1.165) is 17.5 Å². The van der Waals surface area contributed by atoms with Crippen molar-refractivity contribution >= 4 is 28.4 Å². The standard InChI is InChI=1S/C10H9IO/c1-6-2-4-8(11)7-3-5-9(12)10(6)7/h2,4H,3,5H2,1H3. The molecule has 2 heteroatoms. The van der Waals surface area contributed by atoms with Gasteiger partial charge in [-0.15, -0.1) is 0 Å². The van der Waals surface area contributed by atoms with Crippen molar-refractivity contribution in [1.82, 2.24) is 0 Å². The van der Waals surface area contributed by atoms with Gasteiger partial charge in [-0.25, -0.2) is 0 Å². The summed E-state index contributed by atoms with van der Waals surface area (Å²) in [6.07, 6.45) is 1.64. The first-order valence-corrected chi connectivity index (χ1v) is 5.09. The lowest BCUT2D eigenvalue weighted by atomic mass is 10.0. The molecule has 0 atom stereocenters. The molecule has 1 aliphatic rings. The van der Waals surface area contributed by atoms with E-state index in [2.05, 4.69) is 28.7 Å². The molecule has 0 saturated heterocycles. The van der Waals surface area contributed by atoms with E-state index in [1.807, 2.05) is 13.0 Å². The van der Waals surface area contributed by atoms with Crippen LogP contribution in [0.2, 0.25) is 0 Å². The number of carbonyl (C=O) groups excluding carboxylic acids is 1. The molecule has 0 N–H and O–H groups in total. The van der Waals surface area contributed by atoms with Crippen LogP contribution in [0.4, 0.5) is 0 Å². The summed E-state index contributed by atoms with van der Waals surface area (Å²) >= 11 is 2.30. The van der Waals surface area contributed by atoms with Crippen molar-refractivity contribution in [2.45, 2.75) is 19.8 Å². The van der Waals surface area contributed by atoms with Gasteiger partial charge in [0.25, 0.3) is 0 Å². The van der Waals surface area contributed by atoms with Crippen LogP contribution in [0.25, 0.3) is 0 Å². The summed E-state index contributed by atoms with van der Waals surface area (Å²) in [6.45, 7) is 2.01. The summed E-state index contributed by atoms with van der Waals surface area (Å²) < 4.78 is 1.24. The Balaban J connectivity index is 2.72. The van der Waals surface area contributed by atoms with Crippen LogP contribution < -0.4 is 0 Å². The minimum absolute atomic E-state index is 0.320. The first kappa shape index (κ1) is 8.23. The predicted molar refractivity (Wildman–Crippen MR) is 56.5 cm³/mol. The van der Waals surface area contributed by atoms with Gasteiger partial charge in [0.15, 0.2) is 5.78 Å². The van der Waals surface area contributed by atoms with Gasteiger partial charge in [0.05, 0.1) is 0 Å². The number of Topliss-reactive ketones (excluding diaryl/α,β-unsaturated/α-hetero) is 1. The van der Waals surface area contributed by atoms with Crippen LogP contribution in [-0.4, -0.2) is 5.78 Å². The molecule has 62 valence electrons. The lowest BCUT2D eigenvalue weighted by molar-refractivity contribution is 0.0994. The largest absolute Gasteiger partial charge is 0.294 e. The summed E-state index contributed by atoms with van der Waals surface area (Å²) in [7, 11) is 0. The number of aryl methyl sites for hydroxylation is 1. The number of fused-ring (bicyclic) bond motifs is 1. The molecule has 0 radical (unpaired) electrons. The minimum atomic E-state index is 0.320. The number of hydrogen-bond acceptors (Lipinski definition) is 1. The number of benzene rings is 1. The number of hydrogen-bond donors (Lipinski definition) is 0. The lowest BCUT2D eigenvalue weighted by Gasteiger charge is -2.03. The maximum Gasteiger partial charge on any atom is 0.163 e. The zero-order valence-corrected chi connectivity index (χ0v) is 9.01. The van der Waals surface area contributed by atoms with Gasteiger partial charge >= 0.3 is 0 Å². The number of carbonyl (C=O) groups is 1. The van der Waals surface area contributed by atoms with Crippen molar-refractivity contribution in [3.05, 3.63) is 32.4 Å². The van der Waals surface area contributed by atoms with Gasteiger partial charge < -0.3 is 0 Å². The Hall–Kier alpha value is -0.380. The van der Waals surface area contributed by atoms with Crippen LogP contribution in [0, 0.1) is 10.5 Å². The molecule has 0 saturated carbocycles. The monoisotopic (exact) mass is 272 g/mol. The minimum Gasteiger partial charge on any atom is -0.294 e. The van der Waals surface area contributed by atoms with Gasteiger partial charge in [0.2, 0.25) is 0 Å². The fourth-order valence-electron chi connectivity index (χ4n) is 1.74. The third-order valence-corrected chi connectivity index (χ3v) is 3.36. The molecule has 0 heterocycles. The molecule has 0 amide bonds. The first-order valence-electron chi connectivity index (χ1n) is 4.01. The van der Waals surface area contributed by atoms with Crippen LogP contribution in [0.15, 0.2) is 12.1 Å². The van der Waals surface area contributed by atoms with Gasteiger partial charge in [-0.1, -0.05) is 6.07 Å². The predicted octanol–water partition coefficient (Wildman–Crippen LogP) is 2.73. The molecule has 2 rings (SSSR count). The van der Waals surface area contributed by atoms with Crippen molar-refractivity contribution in [1.29, 1.82) is 0 Å². The molecule has 12 heavy (non-hydrogen) atoms. The molecule has 0 spiro atoms. The van der Waals surface area contributed by atoms with E-state index in [4.69, 9.17) is 0 Å². The normalized spacial score (nSPS) is 15.0. The van der Waals surface area contributed by atoms with E-state index in [9.17, 15) is 4.79 Å². The van der Waals surface area contributed by atoms with Crippen LogP contribution in [0.1, 0.15) is 27.9 Å². The fraction of sp³-hybridized carbons (Fsp3) is 0.300. The third kappa shape index (κ3) is 1.09. The highest BCUT2D eigenvalue weighted by Crippen LogP contribution is 2.28. The first-order chi connectivity index (χ1) is 5.70. The van der Waals surface area contributed by atoms with E-state index in [1.54, 1.807) is 0 Å². The summed E-state index contributed by atoms with van der Waals surface area (Å²) in [4.78, 5) is 11.4. The van der Waals surface area contributed by atoms with E-state index >= 15 is 0 Å². The molecule has 0 fully saturated rings. The quantitative estimate of drug-likeness (QED) is 0.664. The number of rotatable bonds is 0. The fourth-order valence-corrected chi connectivity index (χ4v) is 2.45. The number of ketones is 1. The van der Waals surface area contributed by atoms with Crippen LogP contribution >= 0.6 is 22.6 Å². The van der Waals surface area contributed by atoms with Crippen molar-refractivity contribution in [2.75, 3.05) is 0 Å². The molecule has 0 aliphatic heterocycles. The zero-order valence-electron chi connectivity index (χ0n) is 6.86. The molecule has 1 aromatic carbocycles. The molecular formula is C10H9IO. The van der Waals surface area contributed by atoms with E-state index in [1.165, 1.54) is 9.13 Å². The Bertz CT molecular complexity index is 355. The Morgan fingerprint density at radius 3 is 2.75 bits per heavy atom. The van der Waals surface area contributed by atoms with E-state index < -0.39 is 0 Å². The van der Waals surface area contributed by atoms with E-state index in [0.29, 0.717) is 12.2 Å². The van der Waals surface area contributed by atoms with Gasteiger partial charge in [-0.2, -0.15) is 0 Å². The summed E-state index contributed by atoms with van der Waals surface area (Å²) in [6, 6.07) is 4.12. The van der Waals surface area contributed by atoms with Crippen molar-refractivity contribution in [3.8, 4) is 0 Å². The highest BCUT2D eigenvalue weighted by atomic mass is 127. The maximum atomic E-state index is 11.4. The maximum absolute atomic E-state index is 11.4. The van der Waals surface area contributed by atoms with Crippen LogP contribution in [0.5, 0.6) is 0 Å². The van der Waals surface area contributed by atoms with E-state index in [-0.39, 0.29) is 0 Å².